The van der Waals surface area contributed by atoms with Crippen molar-refractivity contribution in [2.45, 2.75) is 50.2 Å². The third-order valence-electron chi connectivity index (χ3n) is 11.3. The van der Waals surface area contributed by atoms with Crippen LogP contribution in [-0.4, -0.2) is 51.5 Å². The van der Waals surface area contributed by atoms with Gasteiger partial charge in [-0.2, -0.15) is 0 Å². The van der Waals surface area contributed by atoms with Gasteiger partial charge in [-0.1, -0.05) is 128 Å². The van der Waals surface area contributed by atoms with E-state index in [1.54, 1.807) is 12.4 Å². The number of carbonyl (C=O) groups is 2. The van der Waals surface area contributed by atoms with Crippen LogP contribution < -0.4 is 15.2 Å². The lowest BCUT2D eigenvalue weighted by molar-refractivity contribution is -0.120. The van der Waals surface area contributed by atoms with E-state index in [0.29, 0.717) is 24.3 Å². The number of benzene rings is 6. The molecule has 0 saturated carbocycles. The van der Waals surface area contributed by atoms with Crippen molar-refractivity contribution in [2.24, 2.45) is 5.73 Å². The molecule has 4 N–H and O–H groups in total. The van der Waals surface area contributed by atoms with Crippen molar-refractivity contribution >= 4 is 33.1 Å². The first-order chi connectivity index (χ1) is 31.3. The fourth-order valence-corrected chi connectivity index (χ4v) is 7.72. The minimum Gasteiger partial charge on any atom is -0.491 e. The summed E-state index contributed by atoms with van der Waals surface area (Å²) in [6.07, 6.45) is 7.24. The molecule has 6 aromatic carbocycles. The van der Waals surface area contributed by atoms with E-state index < -0.39 is 12.2 Å². The molecule has 0 aliphatic heterocycles. The van der Waals surface area contributed by atoms with E-state index in [9.17, 15) is 19.8 Å². The molecule has 0 saturated heterocycles. The lowest BCUT2D eigenvalue weighted by Crippen LogP contribution is -2.23. The maximum Gasteiger partial charge on any atom is 0.145 e. The van der Waals surface area contributed by atoms with Crippen molar-refractivity contribution in [1.82, 2.24) is 9.97 Å². The molecule has 0 aliphatic rings. The number of carbonyl (C=O) groups excluding carboxylic acids is 2. The summed E-state index contributed by atoms with van der Waals surface area (Å²) in [6.45, 7) is 2.61. The van der Waals surface area contributed by atoms with E-state index in [0.717, 1.165) is 61.3 Å². The number of ketones is 2. The highest BCUT2D eigenvalue weighted by Crippen LogP contribution is 2.27. The van der Waals surface area contributed by atoms with Gasteiger partial charge < -0.3 is 25.4 Å². The number of nitrogens with two attached hydrogens (primary N) is 1. The maximum absolute atomic E-state index is 13.1. The molecule has 4 unspecified atom stereocenters. The van der Waals surface area contributed by atoms with Crippen LogP contribution >= 0.6 is 0 Å². The maximum atomic E-state index is 13.1. The molecule has 0 bridgehead atoms. The molecule has 0 radical (unpaired) electrons. The van der Waals surface area contributed by atoms with Gasteiger partial charge in [0.25, 0.3) is 0 Å². The Bertz CT molecular complexity index is 2540. The van der Waals surface area contributed by atoms with Crippen molar-refractivity contribution in [1.29, 1.82) is 0 Å². The number of aromatic nitrogens is 2. The number of fused-ring (bicyclic) bond motifs is 2. The average molecular weight is 852 g/mol. The zero-order chi connectivity index (χ0) is 44.7. The van der Waals surface area contributed by atoms with Gasteiger partial charge in [-0.15, -0.1) is 0 Å². The monoisotopic (exact) mass is 851 g/mol. The lowest BCUT2D eigenvalue weighted by atomic mass is 9.88. The Labute approximate surface area is 374 Å². The smallest absolute Gasteiger partial charge is 0.145 e. The SMILES string of the molecule is CCC(C(=O)Cc1ccc2cnccc2c1)c1ccc(OCC(O)c2ccccc2)cc1.NCC(C(=O)Cc1ccc2cnccc2c1)c1ccc(OCC(O)c2ccccc2)cc1. The summed E-state index contributed by atoms with van der Waals surface area (Å²) in [4.78, 5) is 34.3. The molecule has 0 aliphatic carbocycles. The van der Waals surface area contributed by atoms with Crippen LogP contribution in [0.25, 0.3) is 21.5 Å². The third-order valence-corrected chi connectivity index (χ3v) is 11.3. The number of ether oxygens (including phenoxy) is 2. The van der Waals surface area contributed by atoms with Crippen molar-refractivity contribution in [2.75, 3.05) is 19.8 Å². The van der Waals surface area contributed by atoms with Gasteiger partial charge in [0.05, 0.1) is 5.92 Å². The average Bonchev–Trinajstić information content (AvgIpc) is 3.34. The van der Waals surface area contributed by atoms with Gasteiger partial charge in [-0.05, 0) is 87.0 Å². The van der Waals surface area contributed by atoms with Crippen molar-refractivity contribution in [3.05, 3.63) is 216 Å². The van der Waals surface area contributed by atoms with Crippen LogP contribution in [0.2, 0.25) is 0 Å². The molecule has 8 rings (SSSR count). The normalized spacial score (nSPS) is 12.9. The summed E-state index contributed by atoms with van der Waals surface area (Å²) >= 11 is 0. The molecular formula is C55H53N3O6. The van der Waals surface area contributed by atoms with Crippen LogP contribution in [0.15, 0.2) is 183 Å². The molecule has 8 aromatic rings. The van der Waals surface area contributed by atoms with Crippen LogP contribution in [0.5, 0.6) is 11.5 Å². The lowest BCUT2D eigenvalue weighted by Gasteiger charge is -2.16. The molecule has 0 spiro atoms. The van der Waals surface area contributed by atoms with Gasteiger partial charge >= 0.3 is 0 Å². The summed E-state index contributed by atoms with van der Waals surface area (Å²) < 4.78 is 11.5. The molecular weight excluding hydrogens is 799 g/mol. The Morgan fingerprint density at radius 2 is 0.938 bits per heavy atom. The second-order valence-electron chi connectivity index (χ2n) is 15.8. The van der Waals surface area contributed by atoms with E-state index in [1.165, 1.54) is 0 Å². The van der Waals surface area contributed by atoms with Crippen molar-refractivity contribution in [3.8, 4) is 11.5 Å². The number of pyridine rings is 2. The number of hydrogen-bond donors (Lipinski definition) is 3. The Morgan fingerprint density at radius 3 is 1.36 bits per heavy atom. The summed E-state index contributed by atoms with van der Waals surface area (Å²) in [5.74, 6) is 1.05. The number of nitrogens with zero attached hydrogens (tertiary/aromatic N) is 2. The molecule has 0 amide bonds. The Balaban J connectivity index is 0.000000191. The molecule has 2 heterocycles. The van der Waals surface area contributed by atoms with E-state index in [2.05, 4.69) is 16.0 Å². The van der Waals surface area contributed by atoms with Crippen molar-refractivity contribution in [3.63, 3.8) is 0 Å². The van der Waals surface area contributed by atoms with E-state index >= 15 is 0 Å². The van der Waals surface area contributed by atoms with E-state index in [-0.39, 0.29) is 43.2 Å². The number of rotatable bonds is 18. The summed E-state index contributed by atoms with van der Waals surface area (Å²) in [6, 6.07) is 49.8. The van der Waals surface area contributed by atoms with Gasteiger partial charge in [0.2, 0.25) is 0 Å². The van der Waals surface area contributed by atoms with Gasteiger partial charge in [0.15, 0.2) is 0 Å². The molecule has 0 fully saturated rings. The van der Waals surface area contributed by atoms with Crippen LogP contribution in [0.4, 0.5) is 0 Å². The highest BCUT2D eigenvalue weighted by Gasteiger charge is 2.21. The van der Waals surface area contributed by atoms with Crippen LogP contribution in [0, 0.1) is 0 Å². The summed E-state index contributed by atoms with van der Waals surface area (Å²) in [5.41, 5.74) is 11.4. The molecule has 9 heteroatoms. The Morgan fingerprint density at radius 1 is 0.516 bits per heavy atom. The molecule has 9 nitrogen and oxygen atoms in total. The van der Waals surface area contributed by atoms with Crippen LogP contribution in [0.1, 0.15) is 70.8 Å². The number of hydrogen-bond acceptors (Lipinski definition) is 9. The minimum absolute atomic E-state index is 0.0778. The standard InChI is InChI=1S/C28H27NO3.C27H26N2O3/c1-2-26(27(30)17-20-8-9-24-18-29-15-14-23(24)16-20)21-10-12-25(13-11-21)32-19-28(31)22-6-4-3-5-7-22;28-16-25(26(30)15-19-6-7-23-17-29-13-12-22(23)14-19)20-8-10-24(11-9-20)32-18-27(31)21-4-2-1-3-5-21/h3-16,18,26,28,31H,2,17,19H2,1H3;1-14,17,25,27,31H,15-16,18,28H2. The van der Waals surface area contributed by atoms with E-state index in [1.807, 2.05) is 171 Å². The Hall–Kier alpha value is -7.04. The number of aliphatic hydroxyl groups is 2. The molecule has 4 atom stereocenters. The predicted molar refractivity (Wildman–Crippen MR) is 252 cm³/mol. The molecule has 2 aromatic heterocycles. The molecule has 324 valence electrons. The zero-order valence-electron chi connectivity index (χ0n) is 35.9. The highest BCUT2D eigenvalue weighted by molar-refractivity contribution is 5.90. The topological polar surface area (TPSA) is 145 Å². The number of Topliss-reactive ketones (excluding diaryl/α,β-unsaturated/α-hetero) is 2. The van der Waals surface area contributed by atoms with Crippen molar-refractivity contribution < 1.29 is 29.3 Å². The second-order valence-corrected chi connectivity index (χ2v) is 15.8. The minimum atomic E-state index is -0.702. The quantitative estimate of drug-likeness (QED) is 0.0768. The van der Waals surface area contributed by atoms with Crippen LogP contribution in [0.3, 0.4) is 0 Å². The first-order valence-corrected chi connectivity index (χ1v) is 21.6. The van der Waals surface area contributed by atoms with E-state index in [4.69, 9.17) is 15.2 Å². The zero-order valence-corrected chi connectivity index (χ0v) is 35.9. The second kappa shape index (κ2) is 22.4. The predicted octanol–water partition coefficient (Wildman–Crippen LogP) is 9.85. The summed E-state index contributed by atoms with van der Waals surface area (Å²) in [7, 11) is 0. The number of aliphatic hydroxyl groups excluding tert-OH is 2. The van der Waals surface area contributed by atoms with Gasteiger partial charge in [0, 0.05) is 60.9 Å². The summed E-state index contributed by atoms with van der Waals surface area (Å²) in [5, 5.41) is 24.8. The van der Waals surface area contributed by atoms with Crippen LogP contribution in [-0.2, 0) is 22.4 Å². The third kappa shape index (κ3) is 12.1. The van der Waals surface area contributed by atoms with Gasteiger partial charge in [-0.3, -0.25) is 19.6 Å². The molecule has 64 heavy (non-hydrogen) atoms. The highest BCUT2D eigenvalue weighted by atomic mass is 16.5. The first-order valence-electron chi connectivity index (χ1n) is 21.6. The fraction of sp³-hybridized carbons (Fsp3) is 0.200. The largest absolute Gasteiger partial charge is 0.491 e. The fourth-order valence-electron chi connectivity index (χ4n) is 7.72. The Kier molecular flexibility index (Phi) is 15.7. The first kappa shape index (κ1) is 45.0. The van der Waals surface area contributed by atoms with Gasteiger partial charge in [0.1, 0.15) is 48.5 Å². The van der Waals surface area contributed by atoms with Gasteiger partial charge in [-0.25, -0.2) is 0 Å².